The fourth-order valence-corrected chi connectivity index (χ4v) is 3.65. The molecular weight excluding hydrogens is 396 g/mol. The average molecular weight is 427 g/mol. The summed E-state index contributed by atoms with van der Waals surface area (Å²) in [4.78, 5) is 27.1. The van der Waals surface area contributed by atoms with E-state index in [2.05, 4.69) is 26.1 Å². The zero-order valence-corrected chi connectivity index (χ0v) is 18.9. The molecule has 3 rings (SSSR count). The topological polar surface area (TPSA) is 77.1 Å². The van der Waals surface area contributed by atoms with Crippen LogP contribution in [0.1, 0.15) is 32.8 Å². The first-order valence-corrected chi connectivity index (χ1v) is 10.2. The summed E-state index contributed by atoms with van der Waals surface area (Å²) >= 11 is 0. The van der Waals surface area contributed by atoms with E-state index < -0.39 is 5.92 Å². The van der Waals surface area contributed by atoms with Crippen molar-refractivity contribution in [1.82, 2.24) is 0 Å². The number of hydrogen-bond donors (Lipinski definition) is 1. The van der Waals surface area contributed by atoms with Gasteiger partial charge in [-0.1, -0.05) is 32.9 Å². The normalized spacial score (nSPS) is 16.3. The molecule has 1 aliphatic rings. The lowest BCUT2D eigenvalue weighted by atomic mass is 9.87. The van der Waals surface area contributed by atoms with Gasteiger partial charge in [-0.15, -0.1) is 0 Å². The molecule has 1 N–H and O–H groups in total. The molecule has 1 fully saturated rings. The molecule has 1 atom stereocenters. The summed E-state index contributed by atoms with van der Waals surface area (Å²) in [5.74, 6) is 0.611. The number of amides is 2. The lowest BCUT2D eigenvalue weighted by Crippen LogP contribution is -2.28. The number of nitrogens with zero attached hydrogens (tertiary/aromatic N) is 1. The molecule has 0 spiro atoms. The molecule has 7 nitrogen and oxygen atoms in total. The first kappa shape index (κ1) is 22.5. The number of carbonyl (C=O) groups excluding carboxylic acids is 2. The lowest BCUT2D eigenvalue weighted by Gasteiger charge is -2.21. The molecule has 0 saturated carbocycles. The second kappa shape index (κ2) is 8.88. The van der Waals surface area contributed by atoms with Gasteiger partial charge in [-0.3, -0.25) is 9.59 Å². The van der Waals surface area contributed by atoms with Crippen LogP contribution in [-0.2, 0) is 15.0 Å². The smallest absolute Gasteiger partial charge is 0.229 e. The molecule has 2 aromatic carbocycles. The summed E-state index contributed by atoms with van der Waals surface area (Å²) in [6, 6.07) is 11.2. The zero-order valence-electron chi connectivity index (χ0n) is 18.9. The maximum absolute atomic E-state index is 12.8. The molecule has 7 heteroatoms. The van der Waals surface area contributed by atoms with E-state index >= 15 is 0 Å². The predicted molar refractivity (Wildman–Crippen MR) is 120 cm³/mol. The van der Waals surface area contributed by atoms with Crippen LogP contribution in [0.5, 0.6) is 17.2 Å². The third kappa shape index (κ3) is 4.76. The minimum absolute atomic E-state index is 0.0430. The van der Waals surface area contributed by atoms with Crippen LogP contribution in [0, 0.1) is 5.92 Å². The fraction of sp³-hybridized carbons (Fsp3) is 0.417. The second-order valence-electron chi connectivity index (χ2n) is 8.61. The van der Waals surface area contributed by atoms with E-state index in [1.807, 2.05) is 24.3 Å². The highest BCUT2D eigenvalue weighted by Crippen LogP contribution is 2.42. The SMILES string of the molecule is COc1cc(N2CC(C(=O)Nc3ccc(C(C)(C)C)cc3)CC2=O)cc(OC)c1OC. The van der Waals surface area contributed by atoms with Crippen molar-refractivity contribution < 1.29 is 23.8 Å². The maximum Gasteiger partial charge on any atom is 0.229 e. The first-order chi connectivity index (χ1) is 14.7. The number of methoxy groups -OCH3 is 3. The molecule has 0 aromatic heterocycles. The summed E-state index contributed by atoms with van der Waals surface area (Å²) in [6.07, 6.45) is 0.141. The van der Waals surface area contributed by atoms with Gasteiger partial charge in [0.2, 0.25) is 17.6 Å². The van der Waals surface area contributed by atoms with Crippen molar-refractivity contribution in [2.45, 2.75) is 32.6 Å². The van der Waals surface area contributed by atoms with E-state index in [1.54, 1.807) is 17.0 Å². The summed E-state index contributed by atoms with van der Waals surface area (Å²) in [5, 5.41) is 2.93. The van der Waals surface area contributed by atoms with Crippen molar-refractivity contribution in [3.63, 3.8) is 0 Å². The summed E-state index contributed by atoms with van der Waals surface area (Å²) in [6.45, 7) is 6.71. The number of ether oxygens (including phenoxy) is 3. The molecule has 0 radical (unpaired) electrons. The van der Waals surface area contributed by atoms with Crippen molar-refractivity contribution in [3.8, 4) is 17.2 Å². The van der Waals surface area contributed by atoms with Crippen LogP contribution in [0.15, 0.2) is 36.4 Å². The Labute approximate surface area is 183 Å². The highest BCUT2D eigenvalue weighted by atomic mass is 16.5. The van der Waals surface area contributed by atoms with E-state index in [-0.39, 0.29) is 30.2 Å². The van der Waals surface area contributed by atoms with Gasteiger partial charge in [0.1, 0.15) is 0 Å². The van der Waals surface area contributed by atoms with Gasteiger partial charge in [0, 0.05) is 30.8 Å². The van der Waals surface area contributed by atoms with Crippen LogP contribution in [0.2, 0.25) is 0 Å². The van der Waals surface area contributed by atoms with Crippen molar-refractivity contribution >= 4 is 23.2 Å². The number of carbonyl (C=O) groups is 2. The van der Waals surface area contributed by atoms with Crippen LogP contribution in [-0.4, -0.2) is 39.7 Å². The van der Waals surface area contributed by atoms with Crippen LogP contribution in [0.25, 0.3) is 0 Å². The third-order valence-electron chi connectivity index (χ3n) is 5.48. The molecule has 1 heterocycles. The van der Waals surface area contributed by atoms with Crippen LogP contribution in [0.4, 0.5) is 11.4 Å². The second-order valence-corrected chi connectivity index (χ2v) is 8.61. The number of rotatable bonds is 6. The van der Waals surface area contributed by atoms with Gasteiger partial charge < -0.3 is 24.4 Å². The Morgan fingerprint density at radius 1 is 1.00 bits per heavy atom. The van der Waals surface area contributed by atoms with Gasteiger partial charge >= 0.3 is 0 Å². The van der Waals surface area contributed by atoms with Crippen LogP contribution in [0.3, 0.4) is 0 Å². The van der Waals surface area contributed by atoms with Gasteiger partial charge in [-0.25, -0.2) is 0 Å². The van der Waals surface area contributed by atoms with Gasteiger partial charge in [-0.2, -0.15) is 0 Å². The first-order valence-electron chi connectivity index (χ1n) is 10.2. The Bertz CT molecular complexity index is 938. The van der Waals surface area contributed by atoms with Crippen molar-refractivity contribution in [2.24, 2.45) is 5.92 Å². The Balaban J connectivity index is 1.75. The number of benzene rings is 2. The standard InChI is InChI=1S/C24H30N2O5/c1-24(2,3)16-7-9-17(10-8-16)25-23(28)15-11-21(27)26(14-15)18-12-19(29-4)22(31-6)20(13-18)30-5/h7-10,12-13,15H,11,14H2,1-6H3,(H,25,28). The Morgan fingerprint density at radius 2 is 1.58 bits per heavy atom. The quantitative estimate of drug-likeness (QED) is 0.756. The minimum atomic E-state index is -0.450. The van der Waals surface area contributed by atoms with E-state index in [0.29, 0.717) is 22.9 Å². The Hall–Kier alpha value is -3.22. The predicted octanol–water partition coefficient (Wildman–Crippen LogP) is 4.00. The van der Waals surface area contributed by atoms with Gasteiger partial charge in [0.15, 0.2) is 11.5 Å². The van der Waals surface area contributed by atoms with E-state index in [1.165, 1.54) is 26.9 Å². The Morgan fingerprint density at radius 3 is 2.06 bits per heavy atom. The molecule has 2 amide bonds. The molecule has 0 bridgehead atoms. The molecule has 2 aromatic rings. The molecule has 0 aliphatic carbocycles. The fourth-order valence-electron chi connectivity index (χ4n) is 3.65. The van der Waals surface area contributed by atoms with Gasteiger partial charge in [0.05, 0.1) is 32.9 Å². The van der Waals surface area contributed by atoms with E-state index in [9.17, 15) is 9.59 Å². The summed E-state index contributed by atoms with van der Waals surface area (Å²) in [7, 11) is 4.57. The Kier molecular flexibility index (Phi) is 6.43. The number of nitrogens with one attached hydrogen (secondary N) is 1. The zero-order chi connectivity index (χ0) is 22.8. The third-order valence-corrected chi connectivity index (χ3v) is 5.48. The van der Waals surface area contributed by atoms with Crippen molar-refractivity contribution in [1.29, 1.82) is 0 Å². The highest BCUT2D eigenvalue weighted by Gasteiger charge is 2.36. The monoisotopic (exact) mass is 426 g/mol. The van der Waals surface area contributed by atoms with Gasteiger partial charge in [-0.05, 0) is 23.1 Å². The highest BCUT2D eigenvalue weighted by molar-refractivity contribution is 6.03. The molecule has 1 unspecified atom stereocenters. The average Bonchev–Trinajstić information content (AvgIpc) is 3.14. The summed E-state index contributed by atoms with van der Waals surface area (Å²) < 4.78 is 16.1. The molecule has 166 valence electrons. The van der Waals surface area contributed by atoms with Crippen molar-refractivity contribution in [3.05, 3.63) is 42.0 Å². The van der Waals surface area contributed by atoms with Crippen LogP contribution < -0.4 is 24.4 Å². The molecule has 1 saturated heterocycles. The minimum Gasteiger partial charge on any atom is -0.493 e. The molecule has 31 heavy (non-hydrogen) atoms. The van der Waals surface area contributed by atoms with Crippen LogP contribution >= 0.6 is 0 Å². The van der Waals surface area contributed by atoms with E-state index in [0.717, 1.165) is 5.69 Å². The molecule has 1 aliphatic heterocycles. The lowest BCUT2D eigenvalue weighted by molar-refractivity contribution is -0.122. The summed E-state index contributed by atoms with van der Waals surface area (Å²) in [5.41, 5.74) is 2.55. The number of anilines is 2. The number of hydrogen-bond acceptors (Lipinski definition) is 5. The van der Waals surface area contributed by atoms with E-state index in [4.69, 9.17) is 14.2 Å². The largest absolute Gasteiger partial charge is 0.493 e. The van der Waals surface area contributed by atoms with Gasteiger partial charge in [0.25, 0.3) is 0 Å². The maximum atomic E-state index is 12.8. The molecular formula is C24H30N2O5. The van der Waals surface area contributed by atoms with Crippen molar-refractivity contribution in [2.75, 3.05) is 38.1 Å².